The summed E-state index contributed by atoms with van der Waals surface area (Å²) in [6.07, 6.45) is 7.62. The molecule has 52 valence electrons. The van der Waals surface area contributed by atoms with Gasteiger partial charge in [-0.15, -0.1) is 5.73 Å². The van der Waals surface area contributed by atoms with E-state index in [4.69, 9.17) is 4.74 Å². The molecule has 0 spiro atoms. The van der Waals surface area contributed by atoms with Gasteiger partial charge in [0.25, 0.3) is 0 Å². The molecule has 0 aromatic rings. The standard InChI is InChI=1S/C9H10O/c1-8-6-4-3-5-7-9(8)10-2/h3-4,6-7H,1-2H3. The van der Waals surface area contributed by atoms with Gasteiger partial charge in [-0.25, -0.2) is 0 Å². The normalized spacial score (nSPS) is 15.8. The van der Waals surface area contributed by atoms with Gasteiger partial charge in [0.1, 0.15) is 5.76 Å². The molecule has 1 rings (SSSR count). The lowest BCUT2D eigenvalue weighted by atomic mass is 10.2. The van der Waals surface area contributed by atoms with Gasteiger partial charge in [-0.1, -0.05) is 12.2 Å². The number of methoxy groups -OCH3 is 1. The summed E-state index contributed by atoms with van der Waals surface area (Å²) in [6.45, 7) is 2.01. The Balaban J connectivity index is 3.00. The van der Waals surface area contributed by atoms with Crippen molar-refractivity contribution < 1.29 is 4.74 Å². The average molecular weight is 134 g/mol. The lowest BCUT2D eigenvalue weighted by Crippen LogP contribution is -1.83. The van der Waals surface area contributed by atoms with Gasteiger partial charge in [0.05, 0.1) is 7.11 Å². The second-order valence-electron chi connectivity index (χ2n) is 2.09. The van der Waals surface area contributed by atoms with E-state index in [0.29, 0.717) is 0 Å². The van der Waals surface area contributed by atoms with Crippen LogP contribution in [0.4, 0.5) is 0 Å². The van der Waals surface area contributed by atoms with Crippen molar-refractivity contribution >= 4 is 0 Å². The van der Waals surface area contributed by atoms with Gasteiger partial charge in [0.15, 0.2) is 0 Å². The molecule has 0 amide bonds. The summed E-state index contributed by atoms with van der Waals surface area (Å²) in [5.41, 5.74) is 4.09. The molecule has 1 nitrogen and oxygen atoms in total. The first kappa shape index (κ1) is 6.91. The van der Waals surface area contributed by atoms with E-state index in [9.17, 15) is 0 Å². The Hall–Kier alpha value is -1.20. The lowest BCUT2D eigenvalue weighted by molar-refractivity contribution is 0.304. The van der Waals surface area contributed by atoms with Crippen LogP contribution in [0.5, 0.6) is 0 Å². The molecule has 0 unspecified atom stereocenters. The summed E-state index contributed by atoms with van der Waals surface area (Å²) in [4.78, 5) is 0. The Morgan fingerprint density at radius 3 is 3.00 bits per heavy atom. The van der Waals surface area contributed by atoms with Crippen molar-refractivity contribution in [2.45, 2.75) is 6.92 Å². The highest BCUT2D eigenvalue weighted by atomic mass is 16.5. The van der Waals surface area contributed by atoms with E-state index in [1.54, 1.807) is 7.11 Å². The maximum atomic E-state index is 5.07. The lowest BCUT2D eigenvalue weighted by Gasteiger charge is -1.99. The van der Waals surface area contributed by atoms with Crippen molar-refractivity contribution in [3.05, 3.63) is 41.4 Å². The third-order valence-corrected chi connectivity index (χ3v) is 1.36. The molecular weight excluding hydrogens is 124 g/mol. The third kappa shape index (κ3) is 1.40. The average Bonchev–Trinajstić information content (AvgIpc) is 2.13. The molecule has 10 heavy (non-hydrogen) atoms. The van der Waals surface area contributed by atoms with Gasteiger partial charge >= 0.3 is 0 Å². The minimum atomic E-state index is 0.880. The Bertz CT molecular complexity index is 237. The molecule has 0 N–H and O–H groups in total. The highest BCUT2D eigenvalue weighted by Crippen LogP contribution is 2.09. The van der Waals surface area contributed by atoms with Crippen molar-refractivity contribution in [3.8, 4) is 0 Å². The molecule has 0 aromatic carbocycles. The summed E-state index contributed by atoms with van der Waals surface area (Å²) in [5, 5.41) is 0. The quantitative estimate of drug-likeness (QED) is 0.499. The second-order valence-corrected chi connectivity index (χ2v) is 2.09. The van der Waals surface area contributed by atoms with Crippen molar-refractivity contribution in [2.24, 2.45) is 0 Å². The Morgan fingerprint density at radius 2 is 2.30 bits per heavy atom. The fourth-order valence-electron chi connectivity index (χ4n) is 0.788. The van der Waals surface area contributed by atoms with E-state index >= 15 is 0 Å². The molecule has 1 aliphatic rings. The zero-order valence-electron chi connectivity index (χ0n) is 6.22. The van der Waals surface area contributed by atoms with Crippen molar-refractivity contribution in [1.82, 2.24) is 0 Å². The summed E-state index contributed by atoms with van der Waals surface area (Å²) in [5.74, 6) is 0.880. The topological polar surface area (TPSA) is 9.23 Å². The number of hydrogen-bond donors (Lipinski definition) is 0. The third-order valence-electron chi connectivity index (χ3n) is 1.36. The SMILES string of the molecule is COC1=C(C)C=CC=C=C1. The molecule has 0 radical (unpaired) electrons. The van der Waals surface area contributed by atoms with Gasteiger partial charge in [-0.3, -0.25) is 0 Å². The predicted molar refractivity (Wildman–Crippen MR) is 41.5 cm³/mol. The van der Waals surface area contributed by atoms with Crippen molar-refractivity contribution in [3.63, 3.8) is 0 Å². The molecule has 0 aromatic heterocycles. The largest absolute Gasteiger partial charge is 0.496 e. The molecule has 0 heterocycles. The molecule has 0 saturated heterocycles. The summed E-state index contributed by atoms with van der Waals surface area (Å²) < 4.78 is 5.07. The van der Waals surface area contributed by atoms with Crippen LogP contribution in [0.2, 0.25) is 0 Å². The van der Waals surface area contributed by atoms with Gasteiger partial charge in [0.2, 0.25) is 0 Å². The fraction of sp³-hybridized carbons (Fsp3) is 0.222. The zero-order chi connectivity index (χ0) is 7.40. The molecule has 0 aliphatic heterocycles. The predicted octanol–water partition coefficient (Wildman–Crippen LogP) is 2.19. The summed E-state index contributed by atoms with van der Waals surface area (Å²) in [6, 6.07) is 0. The van der Waals surface area contributed by atoms with Crippen LogP contribution in [0, 0.1) is 0 Å². The van der Waals surface area contributed by atoms with Crippen LogP contribution in [0.3, 0.4) is 0 Å². The number of rotatable bonds is 1. The van der Waals surface area contributed by atoms with E-state index in [0.717, 1.165) is 11.3 Å². The first-order valence-electron chi connectivity index (χ1n) is 3.18. The molecule has 1 heteroatoms. The number of allylic oxidation sites excluding steroid dienone is 4. The Kier molecular flexibility index (Phi) is 2.14. The molecule has 0 atom stereocenters. The van der Waals surface area contributed by atoms with E-state index < -0.39 is 0 Å². The summed E-state index contributed by atoms with van der Waals surface area (Å²) in [7, 11) is 1.66. The Morgan fingerprint density at radius 1 is 1.50 bits per heavy atom. The molecule has 0 fully saturated rings. The van der Waals surface area contributed by atoms with Crippen LogP contribution < -0.4 is 0 Å². The minimum Gasteiger partial charge on any atom is -0.496 e. The maximum Gasteiger partial charge on any atom is 0.129 e. The van der Waals surface area contributed by atoms with Crippen LogP contribution >= 0.6 is 0 Å². The fourth-order valence-corrected chi connectivity index (χ4v) is 0.788. The van der Waals surface area contributed by atoms with Gasteiger partial charge in [-0.05, 0) is 18.6 Å². The minimum absolute atomic E-state index is 0.880. The van der Waals surface area contributed by atoms with Crippen LogP contribution in [-0.2, 0) is 4.74 Å². The Labute approximate surface area is 61.0 Å². The van der Waals surface area contributed by atoms with Crippen molar-refractivity contribution in [2.75, 3.05) is 7.11 Å². The summed E-state index contributed by atoms with van der Waals surface area (Å²) >= 11 is 0. The maximum absolute atomic E-state index is 5.07. The first-order valence-corrected chi connectivity index (χ1v) is 3.18. The highest BCUT2D eigenvalue weighted by molar-refractivity contribution is 5.32. The molecular formula is C9H10O. The highest BCUT2D eigenvalue weighted by Gasteiger charge is 1.94. The second kappa shape index (κ2) is 3.09. The van der Waals surface area contributed by atoms with E-state index in [-0.39, 0.29) is 0 Å². The molecule has 0 bridgehead atoms. The van der Waals surface area contributed by atoms with Crippen molar-refractivity contribution in [1.29, 1.82) is 0 Å². The van der Waals surface area contributed by atoms with E-state index in [2.05, 4.69) is 5.73 Å². The van der Waals surface area contributed by atoms with Crippen LogP contribution in [0.15, 0.2) is 41.4 Å². The molecule has 0 saturated carbocycles. The number of ether oxygens (including phenoxy) is 1. The van der Waals surface area contributed by atoms with E-state index in [1.165, 1.54) is 0 Å². The number of hydrogen-bond acceptors (Lipinski definition) is 1. The van der Waals surface area contributed by atoms with Gasteiger partial charge in [-0.2, -0.15) is 0 Å². The van der Waals surface area contributed by atoms with Crippen LogP contribution in [0.1, 0.15) is 6.92 Å². The van der Waals surface area contributed by atoms with Crippen LogP contribution in [-0.4, -0.2) is 7.11 Å². The van der Waals surface area contributed by atoms with E-state index in [1.807, 2.05) is 31.2 Å². The molecule has 1 aliphatic carbocycles. The monoisotopic (exact) mass is 134 g/mol. The van der Waals surface area contributed by atoms with Gasteiger partial charge < -0.3 is 4.74 Å². The smallest absolute Gasteiger partial charge is 0.129 e. The zero-order valence-corrected chi connectivity index (χ0v) is 6.22. The first-order chi connectivity index (χ1) is 4.84. The van der Waals surface area contributed by atoms with Crippen LogP contribution in [0.25, 0.3) is 0 Å². The van der Waals surface area contributed by atoms with Gasteiger partial charge in [0, 0.05) is 6.08 Å².